The van der Waals surface area contributed by atoms with Crippen LogP contribution in [-0.4, -0.2) is 20.0 Å². The Bertz CT molecular complexity index is 331. The molecule has 80 valence electrons. The smallest absolute Gasteiger partial charge is 0.126 e. The molecule has 1 heterocycles. The summed E-state index contributed by atoms with van der Waals surface area (Å²) in [6.07, 6.45) is 1.73. The molecular weight excluding hydrogens is 192 g/mol. The van der Waals surface area contributed by atoms with Gasteiger partial charge in [0.1, 0.15) is 12.0 Å². The van der Waals surface area contributed by atoms with Crippen molar-refractivity contribution in [3.63, 3.8) is 0 Å². The van der Waals surface area contributed by atoms with Crippen molar-refractivity contribution in [3.8, 4) is 5.75 Å². The first-order valence-corrected chi connectivity index (χ1v) is 5.06. The Morgan fingerprint density at radius 1 is 1.40 bits per heavy atom. The van der Waals surface area contributed by atoms with Crippen LogP contribution in [0.15, 0.2) is 24.3 Å². The monoisotopic (exact) mass is 206 g/mol. The highest BCUT2D eigenvalue weighted by Crippen LogP contribution is 2.33. The molecule has 0 amide bonds. The van der Waals surface area contributed by atoms with Gasteiger partial charge < -0.3 is 14.3 Å². The molecule has 1 aliphatic heterocycles. The summed E-state index contributed by atoms with van der Waals surface area (Å²) in [4.78, 5) is 10.8. The maximum atomic E-state index is 10.8. The molecule has 0 radical (unpaired) electrons. The van der Waals surface area contributed by atoms with Crippen molar-refractivity contribution in [3.05, 3.63) is 29.8 Å². The summed E-state index contributed by atoms with van der Waals surface area (Å²) in [6, 6.07) is 7.67. The van der Waals surface area contributed by atoms with Crippen LogP contribution in [0, 0.1) is 5.92 Å². The fraction of sp³-hybridized carbons (Fsp3) is 0.417. The first kappa shape index (κ1) is 10.2. The van der Waals surface area contributed by atoms with Crippen molar-refractivity contribution in [1.82, 2.24) is 0 Å². The van der Waals surface area contributed by atoms with Gasteiger partial charge in [-0.05, 0) is 24.1 Å². The van der Waals surface area contributed by atoms with Crippen LogP contribution in [-0.2, 0) is 9.53 Å². The second-order valence-corrected chi connectivity index (χ2v) is 3.65. The van der Waals surface area contributed by atoms with E-state index in [1.165, 1.54) is 0 Å². The number of methoxy groups -OCH3 is 1. The second kappa shape index (κ2) is 4.45. The van der Waals surface area contributed by atoms with Crippen LogP contribution in [0.1, 0.15) is 18.1 Å². The highest BCUT2D eigenvalue weighted by atomic mass is 16.5. The van der Waals surface area contributed by atoms with E-state index in [4.69, 9.17) is 9.47 Å². The lowest BCUT2D eigenvalue weighted by Gasteiger charge is -2.14. The van der Waals surface area contributed by atoms with Crippen LogP contribution in [0.25, 0.3) is 0 Å². The van der Waals surface area contributed by atoms with Crippen LogP contribution in [0.4, 0.5) is 0 Å². The van der Waals surface area contributed by atoms with E-state index in [1.807, 2.05) is 24.3 Å². The molecule has 1 saturated heterocycles. The number of rotatable bonds is 3. The first-order valence-electron chi connectivity index (χ1n) is 5.06. The van der Waals surface area contributed by atoms with Crippen LogP contribution >= 0.6 is 0 Å². The fourth-order valence-electron chi connectivity index (χ4n) is 1.88. The van der Waals surface area contributed by atoms with E-state index in [0.717, 1.165) is 24.0 Å². The van der Waals surface area contributed by atoms with Gasteiger partial charge in [0.05, 0.1) is 13.2 Å². The standard InChI is InChI=1S/C12H14O3/c1-14-11-4-2-9(3-5-11)12-10(8-13)6-7-15-12/h2-5,8,10,12H,6-7H2,1H3/t10-,12-/m0/s1. The van der Waals surface area contributed by atoms with Crippen LogP contribution < -0.4 is 4.74 Å². The predicted molar refractivity (Wildman–Crippen MR) is 55.9 cm³/mol. The molecule has 0 unspecified atom stereocenters. The normalized spacial score (nSPS) is 25.1. The SMILES string of the molecule is COc1ccc([C@@H]2OCC[C@H]2C=O)cc1. The number of hydrogen-bond donors (Lipinski definition) is 0. The van der Waals surface area contributed by atoms with E-state index >= 15 is 0 Å². The Kier molecular flexibility index (Phi) is 3.02. The lowest BCUT2D eigenvalue weighted by molar-refractivity contribution is -0.112. The lowest BCUT2D eigenvalue weighted by Crippen LogP contribution is -2.08. The van der Waals surface area contributed by atoms with Gasteiger partial charge in [-0.2, -0.15) is 0 Å². The maximum absolute atomic E-state index is 10.8. The minimum atomic E-state index is -0.0755. The van der Waals surface area contributed by atoms with Crippen molar-refractivity contribution in [1.29, 1.82) is 0 Å². The summed E-state index contributed by atoms with van der Waals surface area (Å²) in [6.45, 7) is 0.667. The molecule has 1 aromatic rings. The average molecular weight is 206 g/mol. The van der Waals surface area contributed by atoms with E-state index in [1.54, 1.807) is 7.11 Å². The van der Waals surface area contributed by atoms with Crippen molar-refractivity contribution in [2.24, 2.45) is 5.92 Å². The van der Waals surface area contributed by atoms with E-state index < -0.39 is 0 Å². The molecule has 0 spiro atoms. The second-order valence-electron chi connectivity index (χ2n) is 3.65. The molecule has 15 heavy (non-hydrogen) atoms. The minimum absolute atomic E-state index is 0.00149. The molecular formula is C12H14O3. The third-order valence-electron chi connectivity index (χ3n) is 2.76. The predicted octanol–water partition coefficient (Wildman–Crippen LogP) is 1.97. The number of carbonyl (C=O) groups excluding carboxylic acids is 1. The quantitative estimate of drug-likeness (QED) is 0.709. The third kappa shape index (κ3) is 2.02. The van der Waals surface area contributed by atoms with E-state index in [9.17, 15) is 4.79 Å². The van der Waals surface area contributed by atoms with Gasteiger partial charge in [-0.3, -0.25) is 0 Å². The van der Waals surface area contributed by atoms with Gasteiger partial charge in [0.15, 0.2) is 0 Å². The molecule has 0 bridgehead atoms. The van der Waals surface area contributed by atoms with Gasteiger partial charge >= 0.3 is 0 Å². The van der Waals surface area contributed by atoms with E-state index in [-0.39, 0.29) is 12.0 Å². The molecule has 3 heteroatoms. The van der Waals surface area contributed by atoms with Crippen molar-refractivity contribution >= 4 is 6.29 Å². The molecule has 2 atom stereocenters. The number of ether oxygens (including phenoxy) is 2. The zero-order valence-corrected chi connectivity index (χ0v) is 8.68. The van der Waals surface area contributed by atoms with Crippen molar-refractivity contribution in [2.75, 3.05) is 13.7 Å². The van der Waals surface area contributed by atoms with Gasteiger partial charge in [-0.25, -0.2) is 0 Å². The summed E-state index contributed by atoms with van der Waals surface area (Å²) < 4.78 is 10.6. The van der Waals surface area contributed by atoms with Gasteiger partial charge in [-0.1, -0.05) is 12.1 Å². The Morgan fingerprint density at radius 2 is 2.13 bits per heavy atom. The highest BCUT2D eigenvalue weighted by molar-refractivity contribution is 5.56. The minimum Gasteiger partial charge on any atom is -0.497 e. The lowest BCUT2D eigenvalue weighted by atomic mass is 9.97. The molecule has 3 nitrogen and oxygen atoms in total. The summed E-state index contributed by atoms with van der Waals surface area (Å²) in [5, 5.41) is 0. The zero-order valence-electron chi connectivity index (χ0n) is 8.68. The van der Waals surface area contributed by atoms with Crippen LogP contribution in [0.5, 0.6) is 5.75 Å². The summed E-state index contributed by atoms with van der Waals surface area (Å²) in [5.74, 6) is 0.817. The Balaban J connectivity index is 2.17. The Morgan fingerprint density at radius 3 is 2.73 bits per heavy atom. The zero-order chi connectivity index (χ0) is 10.7. The summed E-state index contributed by atoms with van der Waals surface area (Å²) in [5.41, 5.74) is 1.05. The topological polar surface area (TPSA) is 35.5 Å². The van der Waals surface area contributed by atoms with Crippen LogP contribution in [0.2, 0.25) is 0 Å². The molecule has 0 N–H and O–H groups in total. The molecule has 0 saturated carbocycles. The summed E-state index contributed by atoms with van der Waals surface area (Å²) >= 11 is 0. The van der Waals surface area contributed by atoms with Gasteiger partial charge in [-0.15, -0.1) is 0 Å². The molecule has 0 aliphatic carbocycles. The van der Waals surface area contributed by atoms with Crippen molar-refractivity contribution < 1.29 is 14.3 Å². The largest absolute Gasteiger partial charge is 0.497 e. The Hall–Kier alpha value is -1.35. The molecule has 2 rings (SSSR count). The van der Waals surface area contributed by atoms with Crippen molar-refractivity contribution in [2.45, 2.75) is 12.5 Å². The Labute approximate surface area is 89.0 Å². The molecule has 1 fully saturated rings. The first-order chi connectivity index (χ1) is 7.35. The van der Waals surface area contributed by atoms with E-state index in [2.05, 4.69) is 0 Å². The molecule has 1 aliphatic rings. The maximum Gasteiger partial charge on any atom is 0.126 e. The number of aldehydes is 1. The number of hydrogen-bond acceptors (Lipinski definition) is 3. The van der Waals surface area contributed by atoms with Crippen LogP contribution in [0.3, 0.4) is 0 Å². The van der Waals surface area contributed by atoms with Gasteiger partial charge in [0.2, 0.25) is 0 Å². The fourth-order valence-corrected chi connectivity index (χ4v) is 1.88. The van der Waals surface area contributed by atoms with Gasteiger partial charge in [0.25, 0.3) is 0 Å². The highest BCUT2D eigenvalue weighted by Gasteiger charge is 2.28. The van der Waals surface area contributed by atoms with Gasteiger partial charge in [0, 0.05) is 12.5 Å². The average Bonchev–Trinajstić information content (AvgIpc) is 2.77. The number of carbonyl (C=O) groups is 1. The molecule has 0 aromatic heterocycles. The number of benzene rings is 1. The third-order valence-corrected chi connectivity index (χ3v) is 2.76. The van der Waals surface area contributed by atoms with E-state index in [0.29, 0.717) is 6.61 Å². The molecule has 1 aromatic carbocycles. The summed E-state index contributed by atoms with van der Waals surface area (Å²) in [7, 11) is 1.63.